The van der Waals surface area contributed by atoms with E-state index in [1.54, 1.807) is 0 Å². The quantitative estimate of drug-likeness (QED) is 0.274. The van der Waals surface area contributed by atoms with Gasteiger partial charge in [-0.25, -0.2) is 0 Å². The highest BCUT2D eigenvalue weighted by molar-refractivity contribution is 6.40. The lowest BCUT2D eigenvalue weighted by molar-refractivity contribution is -0.144. The normalized spacial score (nSPS) is 18.2. The van der Waals surface area contributed by atoms with Crippen molar-refractivity contribution < 1.29 is 25.1 Å². The SMILES string of the molecule is Cl.Cl.N[C@](CCCCB(O)O)(CCN1Cc2ccccc2C[C@H]1CO)C(=O)O. The van der Waals surface area contributed by atoms with E-state index in [9.17, 15) is 15.0 Å². The molecule has 0 spiro atoms. The number of hydrogen-bond acceptors (Lipinski definition) is 6. The predicted octanol–water partition coefficient (Wildman–Crippen LogP) is 1.06. The average Bonchev–Trinajstić information content (AvgIpc) is 2.62. The molecule has 7 nitrogen and oxygen atoms in total. The van der Waals surface area contributed by atoms with Gasteiger partial charge in [-0.2, -0.15) is 0 Å². The number of nitrogens with two attached hydrogens (primary N) is 1. The molecule has 10 heteroatoms. The Hall–Kier alpha value is -0.865. The summed E-state index contributed by atoms with van der Waals surface area (Å²) >= 11 is 0. The van der Waals surface area contributed by atoms with Gasteiger partial charge < -0.3 is 26.0 Å². The number of unbranched alkanes of at least 4 members (excludes halogenated alkanes) is 1. The van der Waals surface area contributed by atoms with Crippen LogP contribution >= 0.6 is 24.8 Å². The maximum Gasteiger partial charge on any atom is 0.451 e. The zero-order valence-corrected chi connectivity index (χ0v) is 17.5. The second kappa shape index (κ2) is 12.6. The molecule has 2 atom stereocenters. The van der Waals surface area contributed by atoms with Crippen LogP contribution in [0.4, 0.5) is 0 Å². The summed E-state index contributed by atoms with van der Waals surface area (Å²) in [6, 6.07) is 8.06. The summed E-state index contributed by atoms with van der Waals surface area (Å²) in [7, 11) is -1.37. The molecule has 1 aromatic carbocycles. The number of aliphatic carboxylic acids is 1. The number of carboxylic acids is 1. The molecule has 0 saturated carbocycles. The Morgan fingerprint density at radius 3 is 2.39 bits per heavy atom. The summed E-state index contributed by atoms with van der Waals surface area (Å²) in [6.45, 7) is 1.19. The van der Waals surface area contributed by atoms with Crippen molar-refractivity contribution in [3.8, 4) is 0 Å². The Balaban J connectivity index is 0.00000364. The number of hydrogen-bond donors (Lipinski definition) is 5. The standard InChI is InChI=1S/C18H29BN2O5.2ClH/c20-18(17(23)24,7-3-4-9-19(25)26)8-10-21-12-15-6-2-1-5-14(15)11-16(21)13-22;;/h1-2,5-6,16,22,25-26H,3-4,7-13,20H2,(H,23,24);2*1H/t16-,18+;;/m0../s1. The lowest BCUT2D eigenvalue weighted by atomic mass is 9.81. The molecule has 0 radical (unpaired) electrons. The van der Waals surface area contributed by atoms with Crippen LogP contribution in [0.2, 0.25) is 6.32 Å². The minimum atomic E-state index is -1.37. The first-order valence-corrected chi connectivity index (χ1v) is 9.16. The second-order valence-electron chi connectivity index (χ2n) is 7.22. The Kier molecular flexibility index (Phi) is 12.3. The van der Waals surface area contributed by atoms with Crippen LogP contribution < -0.4 is 5.73 Å². The maximum atomic E-state index is 11.7. The molecule has 0 unspecified atom stereocenters. The van der Waals surface area contributed by atoms with Gasteiger partial charge in [-0.3, -0.25) is 9.69 Å². The van der Waals surface area contributed by atoms with E-state index >= 15 is 0 Å². The van der Waals surface area contributed by atoms with Crippen molar-refractivity contribution in [3.63, 3.8) is 0 Å². The topological polar surface area (TPSA) is 127 Å². The fourth-order valence-corrected chi connectivity index (χ4v) is 3.53. The van der Waals surface area contributed by atoms with Gasteiger partial charge in [0.15, 0.2) is 0 Å². The van der Waals surface area contributed by atoms with Gasteiger partial charge in [-0.1, -0.05) is 37.1 Å². The zero-order chi connectivity index (χ0) is 19.2. The van der Waals surface area contributed by atoms with Gasteiger partial charge in [0.2, 0.25) is 0 Å². The highest BCUT2D eigenvalue weighted by Gasteiger charge is 2.35. The van der Waals surface area contributed by atoms with Crippen LogP contribution in [0.1, 0.15) is 36.8 Å². The minimum absolute atomic E-state index is 0. The first-order chi connectivity index (χ1) is 12.4. The molecule has 0 fully saturated rings. The Bertz CT molecular complexity index is 611. The molecular formula is C18H31BCl2N2O5. The zero-order valence-electron chi connectivity index (χ0n) is 15.9. The minimum Gasteiger partial charge on any atom is -0.480 e. The summed E-state index contributed by atoms with van der Waals surface area (Å²) < 4.78 is 0. The highest BCUT2D eigenvalue weighted by atomic mass is 35.5. The number of carboxylic acid groups (broad SMARTS) is 1. The van der Waals surface area contributed by atoms with E-state index in [1.807, 2.05) is 12.1 Å². The largest absolute Gasteiger partial charge is 0.480 e. The molecule has 1 aromatic rings. The van der Waals surface area contributed by atoms with Crippen molar-refractivity contribution in [1.29, 1.82) is 0 Å². The fourth-order valence-electron chi connectivity index (χ4n) is 3.53. The molecule has 0 amide bonds. The Morgan fingerprint density at radius 2 is 1.82 bits per heavy atom. The number of aliphatic hydroxyl groups is 1. The van der Waals surface area contributed by atoms with Crippen LogP contribution in [0.5, 0.6) is 0 Å². The molecule has 1 aliphatic rings. The van der Waals surface area contributed by atoms with Gasteiger partial charge >= 0.3 is 13.1 Å². The van der Waals surface area contributed by atoms with Gasteiger partial charge in [0.05, 0.1) is 6.61 Å². The summed E-state index contributed by atoms with van der Waals surface area (Å²) in [4.78, 5) is 13.8. The van der Waals surface area contributed by atoms with Crippen molar-refractivity contribution >= 4 is 37.9 Å². The van der Waals surface area contributed by atoms with Crippen molar-refractivity contribution in [1.82, 2.24) is 4.90 Å². The van der Waals surface area contributed by atoms with Gasteiger partial charge in [-0.05, 0) is 36.7 Å². The van der Waals surface area contributed by atoms with E-state index in [1.165, 1.54) is 11.1 Å². The molecule has 0 bridgehead atoms. The lowest BCUT2D eigenvalue weighted by Crippen LogP contribution is -2.52. The van der Waals surface area contributed by atoms with Crippen molar-refractivity contribution in [2.75, 3.05) is 13.2 Å². The first-order valence-electron chi connectivity index (χ1n) is 9.16. The Labute approximate surface area is 178 Å². The third-order valence-corrected chi connectivity index (χ3v) is 5.28. The maximum absolute atomic E-state index is 11.7. The van der Waals surface area contributed by atoms with Crippen LogP contribution in [0, 0.1) is 0 Å². The number of fused-ring (bicyclic) bond motifs is 1. The number of aliphatic hydroxyl groups excluding tert-OH is 1. The van der Waals surface area contributed by atoms with Crippen LogP contribution in [-0.2, 0) is 17.8 Å². The van der Waals surface area contributed by atoms with Gasteiger partial charge in [-0.15, -0.1) is 24.8 Å². The van der Waals surface area contributed by atoms with Crippen LogP contribution in [-0.4, -0.2) is 63.0 Å². The molecular weight excluding hydrogens is 406 g/mol. The molecule has 1 heterocycles. The summed E-state index contributed by atoms with van der Waals surface area (Å²) in [5.74, 6) is -1.04. The van der Waals surface area contributed by atoms with Crippen molar-refractivity contribution in [3.05, 3.63) is 35.4 Å². The van der Waals surface area contributed by atoms with Gasteiger partial charge in [0, 0.05) is 19.1 Å². The Morgan fingerprint density at radius 1 is 1.18 bits per heavy atom. The van der Waals surface area contributed by atoms with E-state index in [2.05, 4.69) is 17.0 Å². The molecule has 0 aliphatic carbocycles. The first kappa shape index (κ1) is 27.1. The van der Waals surface area contributed by atoms with Crippen LogP contribution in [0.15, 0.2) is 24.3 Å². The summed E-state index contributed by atoms with van der Waals surface area (Å²) in [5, 5.41) is 37.0. The van der Waals surface area contributed by atoms with Gasteiger partial charge in [0.1, 0.15) is 5.54 Å². The molecule has 6 N–H and O–H groups in total. The monoisotopic (exact) mass is 436 g/mol. The number of halogens is 2. The molecule has 1 aliphatic heterocycles. The van der Waals surface area contributed by atoms with Crippen molar-refractivity contribution in [2.45, 2.75) is 56.5 Å². The molecule has 0 aromatic heterocycles. The summed E-state index contributed by atoms with van der Waals surface area (Å²) in [5.41, 5.74) is 7.22. The van der Waals surface area contributed by atoms with Gasteiger partial charge in [0.25, 0.3) is 0 Å². The third-order valence-electron chi connectivity index (χ3n) is 5.28. The second-order valence-corrected chi connectivity index (χ2v) is 7.22. The smallest absolute Gasteiger partial charge is 0.451 e. The molecule has 160 valence electrons. The van der Waals surface area contributed by atoms with E-state index in [0.717, 1.165) is 6.42 Å². The number of carbonyl (C=O) groups is 1. The molecule has 2 rings (SSSR count). The number of rotatable bonds is 10. The fraction of sp³-hybridized carbons (Fsp3) is 0.611. The van der Waals surface area contributed by atoms with E-state index in [4.69, 9.17) is 15.8 Å². The summed E-state index contributed by atoms with van der Waals surface area (Å²) in [6.07, 6.45) is 2.55. The van der Waals surface area contributed by atoms with E-state index < -0.39 is 18.6 Å². The third kappa shape index (κ3) is 7.52. The lowest BCUT2D eigenvalue weighted by Gasteiger charge is -2.37. The van der Waals surface area contributed by atoms with Crippen LogP contribution in [0.3, 0.4) is 0 Å². The van der Waals surface area contributed by atoms with Crippen molar-refractivity contribution in [2.24, 2.45) is 5.73 Å². The predicted molar refractivity (Wildman–Crippen MR) is 114 cm³/mol. The van der Waals surface area contributed by atoms with Crippen LogP contribution in [0.25, 0.3) is 0 Å². The number of benzene rings is 1. The highest BCUT2D eigenvalue weighted by Crippen LogP contribution is 2.25. The van der Waals surface area contributed by atoms with E-state index in [0.29, 0.717) is 25.9 Å². The molecule has 0 saturated heterocycles. The number of nitrogens with zero attached hydrogens (tertiary/aromatic N) is 1. The van der Waals surface area contributed by atoms with E-state index in [-0.39, 0.29) is 56.6 Å². The molecule has 28 heavy (non-hydrogen) atoms. The average molecular weight is 437 g/mol.